The summed E-state index contributed by atoms with van der Waals surface area (Å²) in [6.45, 7) is 11.3. The molecule has 1 unspecified atom stereocenters. The predicted molar refractivity (Wildman–Crippen MR) is 73.3 cm³/mol. The van der Waals surface area contributed by atoms with Crippen LogP contribution in [0.1, 0.15) is 50.8 Å². The van der Waals surface area contributed by atoms with Gasteiger partial charge in [0, 0.05) is 6.54 Å². The third-order valence-electron chi connectivity index (χ3n) is 3.31. The Labute approximate surface area is 105 Å². The Hall–Kier alpha value is -0.860. The van der Waals surface area contributed by atoms with E-state index in [0.29, 0.717) is 12.5 Å². The number of likely N-dealkylation sites (N-methyl/N-ethyl adjacent to an activating group) is 1. The molecule has 0 fully saturated rings. The zero-order valence-electron chi connectivity index (χ0n) is 11.5. The van der Waals surface area contributed by atoms with Crippen LogP contribution in [-0.4, -0.2) is 29.6 Å². The summed E-state index contributed by atoms with van der Waals surface area (Å²) in [5.74, 6) is 0.545. The molecule has 0 radical (unpaired) electrons. The summed E-state index contributed by atoms with van der Waals surface area (Å²) in [6.07, 6.45) is -0.379. The Kier molecular flexibility index (Phi) is 5.66. The van der Waals surface area contributed by atoms with Gasteiger partial charge in [-0.3, -0.25) is 0 Å². The van der Waals surface area contributed by atoms with Crippen LogP contribution in [0, 0.1) is 0 Å². The maximum atomic E-state index is 10.1. The second kappa shape index (κ2) is 6.77. The minimum Gasteiger partial charge on any atom is -0.387 e. The van der Waals surface area contributed by atoms with Gasteiger partial charge in [-0.2, -0.15) is 0 Å². The Morgan fingerprint density at radius 3 is 1.88 bits per heavy atom. The largest absolute Gasteiger partial charge is 0.387 e. The molecule has 0 saturated heterocycles. The number of nitrogens with zero attached hydrogens (tertiary/aromatic N) is 1. The fourth-order valence-electron chi connectivity index (χ4n) is 1.93. The van der Waals surface area contributed by atoms with Crippen LogP contribution < -0.4 is 0 Å². The van der Waals surface area contributed by atoms with Gasteiger partial charge in [-0.1, -0.05) is 52.0 Å². The quantitative estimate of drug-likeness (QED) is 0.818. The summed E-state index contributed by atoms with van der Waals surface area (Å²) < 4.78 is 0. The molecule has 0 aliphatic rings. The van der Waals surface area contributed by atoms with Gasteiger partial charge in [-0.25, -0.2) is 0 Å². The highest BCUT2D eigenvalue weighted by atomic mass is 16.3. The number of aliphatic hydroxyl groups excluding tert-OH is 1. The smallest absolute Gasteiger partial charge is 0.0916 e. The Bertz CT molecular complexity index is 314. The first-order chi connectivity index (χ1) is 8.08. The van der Waals surface area contributed by atoms with Crippen LogP contribution in [0.15, 0.2) is 24.3 Å². The molecule has 0 aromatic heterocycles. The van der Waals surface area contributed by atoms with Gasteiger partial charge in [-0.15, -0.1) is 0 Å². The van der Waals surface area contributed by atoms with Crippen molar-refractivity contribution in [2.75, 3.05) is 19.6 Å². The zero-order chi connectivity index (χ0) is 12.8. The second-order valence-corrected chi connectivity index (χ2v) is 4.82. The molecule has 1 rings (SSSR count). The van der Waals surface area contributed by atoms with Crippen molar-refractivity contribution in [3.8, 4) is 0 Å². The summed E-state index contributed by atoms with van der Waals surface area (Å²) in [5.41, 5.74) is 2.34. The van der Waals surface area contributed by atoms with Crippen molar-refractivity contribution in [2.24, 2.45) is 0 Å². The first kappa shape index (κ1) is 14.2. The molecule has 0 aliphatic heterocycles. The van der Waals surface area contributed by atoms with Crippen LogP contribution in [0.2, 0.25) is 0 Å². The van der Waals surface area contributed by atoms with Crippen molar-refractivity contribution in [3.05, 3.63) is 35.4 Å². The molecule has 2 heteroatoms. The first-order valence-corrected chi connectivity index (χ1v) is 6.58. The molecule has 0 bridgehead atoms. The molecule has 0 aliphatic carbocycles. The van der Waals surface area contributed by atoms with Gasteiger partial charge in [0.25, 0.3) is 0 Å². The van der Waals surface area contributed by atoms with Gasteiger partial charge in [-0.05, 0) is 30.1 Å². The van der Waals surface area contributed by atoms with E-state index in [1.807, 2.05) is 12.1 Å². The average molecular weight is 235 g/mol. The number of aliphatic hydroxyl groups is 1. The van der Waals surface area contributed by atoms with E-state index < -0.39 is 0 Å². The lowest BCUT2D eigenvalue weighted by atomic mass is 10.00. The number of benzene rings is 1. The lowest BCUT2D eigenvalue weighted by Gasteiger charge is -2.22. The predicted octanol–water partition coefficient (Wildman–Crippen LogP) is 3.19. The average Bonchev–Trinajstić information content (AvgIpc) is 2.35. The van der Waals surface area contributed by atoms with Crippen LogP contribution in [0.3, 0.4) is 0 Å². The lowest BCUT2D eigenvalue weighted by molar-refractivity contribution is 0.119. The molecule has 2 nitrogen and oxygen atoms in total. The summed E-state index contributed by atoms with van der Waals surface area (Å²) in [7, 11) is 0. The molecule has 96 valence electrons. The normalized spacial score (nSPS) is 13.4. The van der Waals surface area contributed by atoms with Crippen LogP contribution in [0.5, 0.6) is 0 Å². The van der Waals surface area contributed by atoms with E-state index in [1.165, 1.54) is 5.56 Å². The van der Waals surface area contributed by atoms with E-state index in [9.17, 15) is 5.11 Å². The number of hydrogen-bond donors (Lipinski definition) is 1. The third kappa shape index (κ3) is 4.14. The Morgan fingerprint density at radius 2 is 1.47 bits per heavy atom. The minimum absolute atomic E-state index is 0.379. The van der Waals surface area contributed by atoms with Crippen molar-refractivity contribution in [3.63, 3.8) is 0 Å². The van der Waals surface area contributed by atoms with Gasteiger partial charge in [0.05, 0.1) is 6.10 Å². The molecule has 0 spiro atoms. The molecule has 17 heavy (non-hydrogen) atoms. The van der Waals surface area contributed by atoms with E-state index >= 15 is 0 Å². The monoisotopic (exact) mass is 235 g/mol. The van der Waals surface area contributed by atoms with Gasteiger partial charge < -0.3 is 10.0 Å². The van der Waals surface area contributed by atoms with E-state index in [1.54, 1.807) is 0 Å². The number of rotatable bonds is 6. The van der Waals surface area contributed by atoms with Crippen molar-refractivity contribution in [1.29, 1.82) is 0 Å². The van der Waals surface area contributed by atoms with Crippen LogP contribution in [-0.2, 0) is 0 Å². The summed E-state index contributed by atoms with van der Waals surface area (Å²) in [5, 5.41) is 10.1. The van der Waals surface area contributed by atoms with Gasteiger partial charge >= 0.3 is 0 Å². The van der Waals surface area contributed by atoms with E-state index in [4.69, 9.17) is 0 Å². The van der Waals surface area contributed by atoms with Crippen LogP contribution in [0.4, 0.5) is 0 Å². The molecular formula is C15H25NO. The molecule has 0 amide bonds. The highest BCUT2D eigenvalue weighted by molar-refractivity contribution is 5.26. The van der Waals surface area contributed by atoms with E-state index in [0.717, 1.165) is 18.7 Å². The van der Waals surface area contributed by atoms with Gasteiger partial charge in [0.1, 0.15) is 0 Å². The van der Waals surface area contributed by atoms with E-state index in [-0.39, 0.29) is 6.10 Å². The third-order valence-corrected chi connectivity index (χ3v) is 3.31. The SMILES string of the molecule is CCN(CC)CC(O)c1ccc(C(C)C)cc1. The summed E-state index contributed by atoms with van der Waals surface area (Å²) in [4.78, 5) is 2.24. The maximum absolute atomic E-state index is 10.1. The zero-order valence-corrected chi connectivity index (χ0v) is 11.5. The molecule has 1 aromatic rings. The molecule has 0 saturated carbocycles. The molecule has 1 aromatic carbocycles. The molecular weight excluding hydrogens is 210 g/mol. The van der Waals surface area contributed by atoms with Crippen molar-refractivity contribution < 1.29 is 5.11 Å². The Morgan fingerprint density at radius 1 is 1.00 bits per heavy atom. The maximum Gasteiger partial charge on any atom is 0.0916 e. The molecule has 1 N–H and O–H groups in total. The van der Waals surface area contributed by atoms with Gasteiger partial charge in [0.2, 0.25) is 0 Å². The van der Waals surface area contributed by atoms with Crippen molar-refractivity contribution in [2.45, 2.75) is 39.7 Å². The van der Waals surface area contributed by atoms with Crippen molar-refractivity contribution >= 4 is 0 Å². The van der Waals surface area contributed by atoms with E-state index in [2.05, 4.69) is 44.7 Å². The topological polar surface area (TPSA) is 23.5 Å². The van der Waals surface area contributed by atoms with Gasteiger partial charge in [0.15, 0.2) is 0 Å². The molecule has 0 heterocycles. The highest BCUT2D eigenvalue weighted by Gasteiger charge is 2.11. The minimum atomic E-state index is -0.379. The van der Waals surface area contributed by atoms with Crippen molar-refractivity contribution in [1.82, 2.24) is 4.90 Å². The fourth-order valence-corrected chi connectivity index (χ4v) is 1.93. The highest BCUT2D eigenvalue weighted by Crippen LogP contribution is 2.19. The summed E-state index contributed by atoms with van der Waals surface area (Å²) in [6, 6.07) is 8.32. The standard InChI is InChI=1S/C15H25NO/c1-5-16(6-2)11-15(17)14-9-7-13(8-10-14)12(3)4/h7-10,12,15,17H,5-6,11H2,1-4H3. The molecule has 1 atom stereocenters. The van der Waals surface area contributed by atoms with Crippen LogP contribution >= 0.6 is 0 Å². The first-order valence-electron chi connectivity index (χ1n) is 6.58. The fraction of sp³-hybridized carbons (Fsp3) is 0.600. The number of hydrogen-bond acceptors (Lipinski definition) is 2. The van der Waals surface area contributed by atoms with Crippen LogP contribution in [0.25, 0.3) is 0 Å². The second-order valence-electron chi connectivity index (χ2n) is 4.82. The lowest BCUT2D eigenvalue weighted by Crippen LogP contribution is -2.28. The summed E-state index contributed by atoms with van der Waals surface area (Å²) >= 11 is 0. The Balaban J connectivity index is 2.66.